The lowest BCUT2D eigenvalue weighted by atomic mass is 9.86. The fourth-order valence-corrected chi connectivity index (χ4v) is 3.70. The van der Waals surface area contributed by atoms with Gasteiger partial charge in [0.2, 0.25) is 11.8 Å². The highest BCUT2D eigenvalue weighted by Gasteiger charge is 2.20. The van der Waals surface area contributed by atoms with Crippen molar-refractivity contribution in [2.75, 3.05) is 18.4 Å². The summed E-state index contributed by atoms with van der Waals surface area (Å²) in [6.45, 7) is 7.81. The molecule has 1 N–H and O–H groups in total. The summed E-state index contributed by atoms with van der Waals surface area (Å²) in [7, 11) is 0. The van der Waals surface area contributed by atoms with E-state index in [1.54, 1.807) is 4.90 Å². The van der Waals surface area contributed by atoms with Crippen LogP contribution in [0.2, 0.25) is 0 Å². The molecule has 1 aromatic heterocycles. The van der Waals surface area contributed by atoms with Crippen LogP contribution < -0.4 is 5.32 Å². The molecule has 2 aromatic rings. The van der Waals surface area contributed by atoms with Crippen molar-refractivity contribution in [3.05, 3.63) is 35.2 Å². The molecule has 0 aliphatic carbocycles. The first kappa shape index (κ1) is 18.6. The molecule has 3 rings (SSSR count). The average molecular weight is 372 g/mol. The first-order valence-corrected chi connectivity index (χ1v) is 9.85. The molecule has 0 bridgehead atoms. The number of nitrogens with one attached hydrogen (secondary N) is 1. The number of rotatable bonds is 5. The van der Waals surface area contributed by atoms with Gasteiger partial charge in [0.1, 0.15) is 0 Å². The minimum Gasteiger partial charge on any atom is -0.342 e. The van der Waals surface area contributed by atoms with Crippen molar-refractivity contribution in [2.45, 2.75) is 45.4 Å². The molecule has 138 valence electrons. The summed E-state index contributed by atoms with van der Waals surface area (Å²) in [6, 6.07) is 8.39. The number of benzene rings is 1. The van der Waals surface area contributed by atoms with E-state index < -0.39 is 0 Å². The highest BCUT2D eigenvalue weighted by molar-refractivity contribution is 7.14. The third-order valence-electron chi connectivity index (χ3n) is 4.58. The standard InChI is InChI=1S/C20H25N3O2S/c1-20(2,3)15-8-6-14(7-9-15)16-13-26-19(21-16)22-17(24)10-12-23-11-4-5-18(23)25/h6-9,13H,4-5,10-12H2,1-3H3,(H,21,22,24). The fourth-order valence-electron chi connectivity index (χ4n) is 2.96. The number of aromatic nitrogens is 1. The highest BCUT2D eigenvalue weighted by Crippen LogP contribution is 2.28. The van der Waals surface area contributed by atoms with Crippen molar-refractivity contribution in [3.8, 4) is 11.3 Å². The van der Waals surface area contributed by atoms with Crippen LogP contribution in [-0.4, -0.2) is 34.8 Å². The first-order valence-electron chi connectivity index (χ1n) is 8.97. The van der Waals surface area contributed by atoms with Gasteiger partial charge in [-0.2, -0.15) is 0 Å². The number of carbonyl (C=O) groups excluding carboxylic acids is 2. The van der Waals surface area contributed by atoms with E-state index >= 15 is 0 Å². The van der Waals surface area contributed by atoms with E-state index in [9.17, 15) is 9.59 Å². The van der Waals surface area contributed by atoms with E-state index in [2.05, 4.69) is 55.3 Å². The van der Waals surface area contributed by atoms with Gasteiger partial charge in [-0.1, -0.05) is 45.0 Å². The van der Waals surface area contributed by atoms with Gasteiger partial charge in [-0.05, 0) is 17.4 Å². The van der Waals surface area contributed by atoms with Crippen LogP contribution in [0.5, 0.6) is 0 Å². The summed E-state index contributed by atoms with van der Waals surface area (Å²) in [5.41, 5.74) is 3.30. The molecule has 0 saturated carbocycles. The van der Waals surface area contributed by atoms with Gasteiger partial charge in [0.15, 0.2) is 5.13 Å². The van der Waals surface area contributed by atoms with E-state index in [0.717, 1.165) is 24.2 Å². The second-order valence-corrected chi connectivity index (χ2v) is 8.51. The Hall–Kier alpha value is -2.21. The second-order valence-electron chi connectivity index (χ2n) is 7.65. The predicted octanol–water partition coefficient (Wildman–Crippen LogP) is 4.06. The van der Waals surface area contributed by atoms with Crippen LogP contribution in [-0.2, 0) is 15.0 Å². The fraction of sp³-hybridized carbons (Fsp3) is 0.450. The van der Waals surface area contributed by atoms with Gasteiger partial charge >= 0.3 is 0 Å². The number of hydrogen-bond acceptors (Lipinski definition) is 4. The third-order valence-corrected chi connectivity index (χ3v) is 5.34. The molecule has 26 heavy (non-hydrogen) atoms. The Bertz CT molecular complexity index is 790. The van der Waals surface area contributed by atoms with E-state index in [1.807, 2.05) is 5.38 Å². The molecular weight excluding hydrogens is 346 g/mol. The lowest BCUT2D eigenvalue weighted by molar-refractivity contribution is -0.128. The normalized spacial score (nSPS) is 14.7. The predicted molar refractivity (Wildman–Crippen MR) is 105 cm³/mol. The van der Waals surface area contributed by atoms with Crippen LogP contribution in [0.3, 0.4) is 0 Å². The topological polar surface area (TPSA) is 62.3 Å². The maximum Gasteiger partial charge on any atom is 0.227 e. The smallest absolute Gasteiger partial charge is 0.227 e. The Morgan fingerprint density at radius 3 is 2.62 bits per heavy atom. The number of amides is 2. The number of thiazole rings is 1. The third kappa shape index (κ3) is 4.49. The summed E-state index contributed by atoms with van der Waals surface area (Å²) in [6.07, 6.45) is 1.80. The number of anilines is 1. The van der Waals surface area contributed by atoms with Gasteiger partial charge in [-0.3, -0.25) is 9.59 Å². The minimum absolute atomic E-state index is 0.103. The van der Waals surface area contributed by atoms with Crippen LogP contribution in [0.4, 0.5) is 5.13 Å². The van der Waals surface area contributed by atoms with Crippen molar-refractivity contribution >= 4 is 28.3 Å². The van der Waals surface area contributed by atoms with Gasteiger partial charge in [0, 0.05) is 36.9 Å². The lowest BCUT2D eigenvalue weighted by Crippen LogP contribution is -2.28. The Labute approximate surface area is 158 Å². The highest BCUT2D eigenvalue weighted by atomic mass is 32.1. The maximum atomic E-state index is 12.1. The molecule has 1 aromatic carbocycles. The Morgan fingerprint density at radius 2 is 2.00 bits per heavy atom. The molecule has 0 unspecified atom stereocenters. The molecule has 2 amide bonds. The zero-order valence-corrected chi connectivity index (χ0v) is 16.4. The zero-order chi connectivity index (χ0) is 18.7. The number of nitrogens with zero attached hydrogens (tertiary/aromatic N) is 2. The summed E-state index contributed by atoms with van der Waals surface area (Å²) in [5, 5.41) is 5.38. The number of carbonyl (C=O) groups is 2. The quantitative estimate of drug-likeness (QED) is 0.862. The number of likely N-dealkylation sites (tertiary alicyclic amines) is 1. The second kappa shape index (κ2) is 7.58. The zero-order valence-electron chi connectivity index (χ0n) is 15.5. The van der Waals surface area contributed by atoms with E-state index in [-0.39, 0.29) is 17.2 Å². The van der Waals surface area contributed by atoms with Crippen molar-refractivity contribution in [1.29, 1.82) is 0 Å². The Morgan fingerprint density at radius 1 is 1.27 bits per heavy atom. The molecule has 1 saturated heterocycles. The summed E-state index contributed by atoms with van der Waals surface area (Å²) < 4.78 is 0. The summed E-state index contributed by atoms with van der Waals surface area (Å²) in [4.78, 5) is 29.9. The van der Waals surface area contributed by atoms with Crippen molar-refractivity contribution in [1.82, 2.24) is 9.88 Å². The monoisotopic (exact) mass is 371 g/mol. The van der Waals surface area contributed by atoms with E-state index in [4.69, 9.17) is 0 Å². The van der Waals surface area contributed by atoms with E-state index in [1.165, 1.54) is 16.9 Å². The average Bonchev–Trinajstić information content (AvgIpc) is 3.21. The molecule has 0 spiro atoms. The largest absolute Gasteiger partial charge is 0.342 e. The molecule has 0 radical (unpaired) electrons. The van der Waals surface area contributed by atoms with Gasteiger partial charge in [-0.15, -0.1) is 11.3 Å². The molecular formula is C20H25N3O2S. The van der Waals surface area contributed by atoms with Crippen LogP contribution in [0.1, 0.15) is 45.6 Å². The summed E-state index contributed by atoms with van der Waals surface area (Å²) >= 11 is 1.42. The van der Waals surface area contributed by atoms with E-state index in [0.29, 0.717) is 24.5 Å². The SMILES string of the molecule is CC(C)(C)c1ccc(-c2csc(NC(=O)CCN3CCCC3=O)n2)cc1. The molecule has 6 heteroatoms. The maximum absolute atomic E-state index is 12.1. The molecule has 2 heterocycles. The Kier molecular flexibility index (Phi) is 5.41. The molecule has 1 fully saturated rings. The first-order chi connectivity index (χ1) is 12.3. The van der Waals surface area contributed by atoms with Crippen molar-refractivity contribution < 1.29 is 9.59 Å². The van der Waals surface area contributed by atoms with Gasteiger partial charge in [-0.25, -0.2) is 4.98 Å². The Balaban J connectivity index is 1.57. The van der Waals surface area contributed by atoms with Gasteiger partial charge in [0.05, 0.1) is 5.69 Å². The van der Waals surface area contributed by atoms with Crippen LogP contribution >= 0.6 is 11.3 Å². The van der Waals surface area contributed by atoms with Crippen LogP contribution in [0, 0.1) is 0 Å². The van der Waals surface area contributed by atoms with Gasteiger partial charge in [0.25, 0.3) is 0 Å². The molecule has 5 nitrogen and oxygen atoms in total. The van der Waals surface area contributed by atoms with Gasteiger partial charge < -0.3 is 10.2 Å². The van der Waals surface area contributed by atoms with Crippen LogP contribution in [0.15, 0.2) is 29.6 Å². The van der Waals surface area contributed by atoms with Crippen LogP contribution in [0.25, 0.3) is 11.3 Å². The lowest BCUT2D eigenvalue weighted by Gasteiger charge is -2.18. The molecule has 1 aliphatic heterocycles. The number of hydrogen-bond donors (Lipinski definition) is 1. The molecule has 1 aliphatic rings. The van der Waals surface area contributed by atoms with Crippen molar-refractivity contribution in [3.63, 3.8) is 0 Å². The molecule has 0 atom stereocenters. The van der Waals surface area contributed by atoms with Crippen molar-refractivity contribution in [2.24, 2.45) is 0 Å². The summed E-state index contributed by atoms with van der Waals surface area (Å²) in [5.74, 6) is 0.0433. The minimum atomic E-state index is -0.103.